The largest absolute Gasteiger partial charge is 0.273 e. The van der Waals surface area contributed by atoms with Crippen molar-refractivity contribution in [3.05, 3.63) is 42.0 Å². The molecule has 0 aromatic heterocycles. The Morgan fingerprint density at radius 2 is 2.05 bits per heavy atom. The monoisotopic (exact) mass is 306 g/mol. The van der Waals surface area contributed by atoms with Crippen LogP contribution in [0.1, 0.15) is 18.9 Å². The van der Waals surface area contributed by atoms with Crippen molar-refractivity contribution < 1.29 is 4.79 Å². The summed E-state index contributed by atoms with van der Waals surface area (Å²) in [5.41, 5.74) is 3.68. The van der Waals surface area contributed by atoms with Gasteiger partial charge in [0.15, 0.2) is 0 Å². The zero-order valence-corrected chi connectivity index (χ0v) is 13.0. The van der Waals surface area contributed by atoms with Crippen molar-refractivity contribution in [2.75, 3.05) is 11.5 Å². The first kappa shape index (κ1) is 15.2. The summed E-state index contributed by atoms with van der Waals surface area (Å²) in [5.74, 6) is 2.22. The molecule has 5 heteroatoms. The van der Waals surface area contributed by atoms with E-state index in [1.54, 1.807) is 6.21 Å². The first-order valence-electron chi connectivity index (χ1n) is 6.49. The van der Waals surface area contributed by atoms with Crippen LogP contribution in [0.2, 0.25) is 0 Å². The summed E-state index contributed by atoms with van der Waals surface area (Å²) >= 11 is 3.70. The number of allylic oxidation sites excluding steroid dienone is 1. The van der Waals surface area contributed by atoms with Gasteiger partial charge in [-0.15, -0.1) is 23.5 Å². The highest BCUT2D eigenvalue weighted by molar-refractivity contribution is 8.21. The number of hydrazone groups is 1. The van der Waals surface area contributed by atoms with Crippen molar-refractivity contribution >= 4 is 41.7 Å². The molecule has 20 heavy (non-hydrogen) atoms. The molecule has 0 radical (unpaired) electrons. The molecule has 0 bridgehead atoms. The molecule has 1 amide bonds. The second kappa shape index (κ2) is 7.55. The third kappa shape index (κ3) is 5.06. The first-order valence-corrected chi connectivity index (χ1v) is 8.47. The number of amides is 1. The highest BCUT2D eigenvalue weighted by Gasteiger charge is 2.32. The van der Waals surface area contributed by atoms with E-state index in [1.165, 1.54) is 0 Å². The highest BCUT2D eigenvalue weighted by Crippen LogP contribution is 2.45. The summed E-state index contributed by atoms with van der Waals surface area (Å²) in [6.45, 7) is 2.12. The van der Waals surface area contributed by atoms with Crippen molar-refractivity contribution in [2.45, 2.75) is 17.4 Å². The Kier molecular flexibility index (Phi) is 5.73. The molecule has 1 fully saturated rings. The number of hydrogen-bond acceptors (Lipinski definition) is 4. The number of carbonyl (C=O) groups is 1. The van der Waals surface area contributed by atoms with Gasteiger partial charge in [-0.3, -0.25) is 4.79 Å². The second-order valence-corrected chi connectivity index (χ2v) is 8.04. The second-order valence-electron chi connectivity index (χ2n) is 4.59. The lowest BCUT2D eigenvalue weighted by Crippen LogP contribution is -2.26. The molecule has 1 aromatic rings. The van der Waals surface area contributed by atoms with Crippen LogP contribution in [0.25, 0.3) is 6.08 Å². The number of thioether (sulfide) groups is 2. The molecule has 0 unspecified atom stereocenters. The van der Waals surface area contributed by atoms with E-state index in [-0.39, 0.29) is 9.99 Å². The molecule has 0 aliphatic carbocycles. The van der Waals surface area contributed by atoms with Gasteiger partial charge in [-0.2, -0.15) is 5.10 Å². The zero-order valence-electron chi connectivity index (χ0n) is 11.4. The molecule has 1 heterocycles. The lowest BCUT2D eigenvalue weighted by atomic mass is 10.2. The average Bonchev–Trinajstić information content (AvgIpc) is 2.86. The Hall–Kier alpha value is -1.20. The number of hydrogen-bond donors (Lipinski definition) is 1. The van der Waals surface area contributed by atoms with Crippen molar-refractivity contribution in [3.8, 4) is 0 Å². The fraction of sp³-hybridized carbons (Fsp3) is 0.333. The van der Waals surface area contributed by atoms with E-state index in [4.69, 9.17) is 0 Å². The van der Waals surface area contributed by atoms with E-state index in [1.807, 2.05) is 66.0 Å². The van der Waals surface area contributed by atoms with Crippen LogP contribution in [0, 0.1) is 0 Å². The van der Waals surface area contributed by atoms with Gasteiger partial charge < -0.3 is 0 Å². The number of nitrogens with zero attached hydrogens (tertiary/aromatic N) is 1. The fourth-order valence-electron chi connectivity index (χ4n) is 1.86. The number of nitrogens with one attached hydrogen (secondary N) is 1. The van der Waals surface area contributed by atoms with E-state index in [9.17, 15) is 4.79 Å². The highest BCUT2D eigenvalue weighted by atomic mass is 32.2. The topological polar surface area (TPSA) is 41.5 Å². The Morgan fingerprint density at radius 3 is 2.75 bits per heavy atom. The van der Waals surface area contributed by atoms with E-state index in [0.717, 1.165) is 17.1 Å². The van der Waals surface area contributed by atoms with Gasteiger partial charge in [0.25, 0.3) is 0 Å². The summed E-state index contributed by atoms with van der Waals surface area (Å²) in [6.07, 6.45) is 5.86. The third-order valence-corrected chi connectivity index (χ3v) is 6.11. The van der Waals surface area contributed by atoms with Crippen LogP contribution in [0.3, 0.4) is 0 Å². The quantitative estimate of drug-likeness (QED) is 0.670. The average molecular weight is 306 g/mol. The lowest BCUT2D eigenvalue weighted by Gasteiger charge is -2.19. The molecular weight excluding hydrogens is 288 g/mol. The number of rotatable bonds is 5. The van der Waals surface area contributed by atoms with Crippen molar-refractivity contribution in [1.29, 1.82) is 0 Å². The van der Waals surface area contributed by atoms with Gasteiger partial charge in [-0.1, -0.05) is 36.4 Å². The van der Waals surface area contributed by atoms with E-state index in [2.05, 4.69) is 17.5 Å². The first-order chi connectivity index (χ1) is 9.68. The molecule has 0 saturated carbocycles. The molecular formula is C15H18N2OS2. The van der Waals surface area contributed by atoms with Gasteiger partial charge in [0, 0.05) is 17.7 Å². The fourth-order valence-corrected chi connectivity index (χ4v) is 4.69. The van der Waals surface area contributed by atoms with Crippen molar-refractivity contribution in [3.63, 3.8) is 0 Å². The van der Waals surface area contributed by atoms with Crippen LogP contribution in [-0.2, 0) is 4.79 Å². The summed E-state index contributed by atoms with van der Waals surface area (Å²) in [5, 5.41) is 3.93. The minimum absolute atomic E-state index is 0.0134. The minimum Gasteiger partial charge on any atom is -0.273 e. The lowest BCUT2D eigenvalue weighted by molar-refractivity contribution is -0.121. The Labute approximate surface area is 128 Å². The standard InChI is InChI=1S/C15H18N2OS2/c1-15(19-10-11-20-15)12-14(18)17-16-9-5-8-13-6-3-2-4-7-13/h2-9H,10-12H2,1H3,(H,17,18)/b8-5+,16-9+. The summed E-state index contributed by atoms with van der Waals surface area (Å²) in [4.78, 5) is 11.8. The zero-order chi connectivity index (χ0) is 14.3. The van der Waals surface area contributed by atoms with Crippen molar-refractivity contribution in [1.82, 2.24) is 5.43 Å². The van der Waals surface area contributed by atoms with Gasteiger partial charge in [0.1, 0.15) is 0 Å². The van der Waals surface area contributed by atoms with Crippen LogP contribution in [0.5, 0.6) is 0 Å². The molecule has 1 N–H and O–H groups in total. The van der Waals surface area contributed by atoms with Crippen LogP contribution in [0.4, 0.5) is 0 Å². The van der Waals surface area contributed by atoms with Crippen LogP contribution >= 0.6 is 23.5 Å². The Morgan fingerprint density at radius 1 is 1.35 bits per heavy atom. The molecule has 1 aliphatic rings. The number of benzene rings is 1. The Balaban J connectivity index is 1.73. The molecule has 2 rings (SSSR count). The maximum absolute atomic E-state index is 11.8. The molecule has 1 aliphatic heterocycles. The van der Waals surface area contributed by atoms with Gasteiger partial charge in [0.05, 0.1) is 10.5 Å². The smallest absolute Gasteiger partial charge is 0.242 e. The maximum atomic E-state index is 11.8. The molecule has 0 spiro atoms. The van der Waals surface area contributed by atoms with Crippen LogP contribution in [-0.4, -0.2) is 27.7 Å². The third-order valence-electron chi connectivity index (χ3n) is 2.82. The van der Waals surface area contributed by atoms with E-state index >= 15 is 0 Å². The maximum Gasteiger partial charge on any atom is 0.242 e. The molecule has 0 atom stereocenters. The van der Waals surface area contributed by atoms with Crippen molar-refractivity contribution in [2.24, 2.45) is 5.10 Å². The summed E-state index contributed by atoms with van der Waals surface area (Å²) < 4.78 is 0.0134. The van der Waals surface area contributed by atoms with E-state index < -0.39 is 0 Å². The van der Waals surface area contributed by atoms with E-state index in [0.29, 0.717) is 6.42 Å². The summed E-state index contributed by atoms with van der Waals surface area (Å²) in [6, 6.07) is 9.97. The SMILES string of the molecule is CC1(CC(=O)N/N=C/C=C/c2ccccc2)SCCS1. The molecule has 3 nitrogen and oxygen atoms in total. The predicted molar refractivity (Wildman–Crippen MR) is 90.0 cm³/mol. The van der Waals surface area contributed by atoms with Gasteiger partial charge >= 0.3 is 0 Å². The molecule has 1 aromatic carbocycles. The summed E-state index contributed by atoms with van der Waals surface area (Å²) in [7, 11) is 0. The Bertz CT molecular complexity index is 494. The van der Waals surface area contributed by atoms with Gasteiger partial charge in [0.2, 0.25) is 5.91 Å². The van der Waals surface area contributed by atoms with Crippen LogP contribution in [0.15, 0.2) is 41.5 Å². The van der Waals surface area contributed by atoms with Gasteiger partial charge in [-0.05, 0) is 18.6 Å². The minimum atomic E-state index is -0.0289. The predicted octanol–water partition coefficient (Wildman–Crippen LogP) is 3.39. The molecule has 1 saturated heterocycles. The van der Waals surface area contributed by atoms with Crippen LogP contribution < -0.4 is 5.43 Å². The van der Waals surface area contributed by atoms with Gasteiger partial charge in [-0.25, -0.2) is 5.43 Å². The molecule has 106 valence electrons. The normalized spacial score (nSPS) is 17.9. The number of carbonyl (C=O) groups excluding carboxylic acids is 1.